The van der Waals surface area contributed by atoms with E-state index in [0.29, 0.717) is 16.9 Å². The van der Waals surface area contributed by atoms with Crippen molar-refractivity contribution in [2.75, 3.05) is 26.8 Å². The Hall–Kier alpha value is -0.0400. The number of ether oxygens (including phenoxy) is 1. The van der Waals surface area contributed by atoms with Crippen LogP contribution in [0.5, 0.6) is 0 Å². The summed E-state index contributed by atoms with van der Waals surface area (Å²) in [6.45, 7) is 13.9. The molecule has 1 fully saturated rings. The van der Waals surface area contributed by atoms with Gasteiger partial charge >= 0.3 is 0 Å². The summed E-state index contributed by atoms with van der Waals surface area (Å²) in [6.07, 6.45) is 6.10. The molecule has 0 aliphatic heterocycles. The van der Waals surface area contributed by atoms with Crippen LogP contribution in [-0.2, 0) is 4.74 Å². The fraction of sp³-hybridized carbons (Fsp3) is 0.944. The van der Waals surface area contributed by atoms with Gasteiger partial charge in [-0.1, -0.05) is 20.8 Å². The first-order valence-electron chi connectivity index (χ1n) is 8.84. The zero-order valence-corrected chi connectivity index (χ0v) is 18.3. The van der Waals surface area contributed by atoms with E-state index >= 15 is 0 Å². The number of rotatable bonds is 9. The van der Waals surface area contributed by atoms with Crippen LogP contribution in [0.3, 0.4) is 0 Å². The molecular weight excluding hydrogens is 401 g/mol. The van der Waals surface area contributed by atoms with Gasteiger partial charge in [-0.25, -0.2) is 0 Å². The summed E-state index contributed by atoms with van der Waals surface area (Å²) in [4.78, 5) is 4.82. The van der Waals surface area contributed by atoms with E-state index in [9.17, 15) is 0 Å². The molecule has 0 heterocycles. The zero-order valence-electron chi connectivity index (χ0n) is 16.0. The molecule has 0 amide bonds. The third-order valence-electron chi connectivity index (χ3n) is 4.42. The second-order valence-corrected chi connectivity index (χ2v) is 8.08. The van der Waals surface area contributed by atoms with E-state index in [4.69, 9.17) is 9.73 Å². The molecule has 0 bridgehead atoms. The van der Waals surface area contributed by atoms with E-state index in [-0.39, 0.29) is 24.0 Å². The molecule has 1 aliphatic carbocycles. The van der Waals surface area contributed by atoms with Gasteiger partial charge in [-0.15, -0.1) is 24.0 Å². The summed E-state index contributed by atoms with van der Waals surface area (Å²) in [5, 5.41) is 6.93. The standard InChI is InChI=1S/C18H37N3O.HI/c1-7-19-16(21-15(2)8-9-17(3,4)5)20-14-18(10-11-18)12-13-22-6;/h15H,7-14H2,1-6H3,(H2,19,20,21);1H. The van der Waals surface area contributed by atoms with Crippen molar-refractivity contribution in [2.45, 2.75) is 72.8 Å². The minimum Gasteiger partial charge on any atom is -0.385 e. The number of hydrogen-bond donors (Lipinski definition) is 2. The van der Waals surface area contributed by atoms with Gasteiger partial charge in [0.25, 0.3) is 0 Å². The summed E-state index contributed by atoms with van der Waals surface area (Å²) < 4.78 is 5.22. The zero-order chi connectivity index (χ0) is 16.6. The Morgan fingerprint density at radius 2 is 1.96 bits per heavy atom. The molecule has 2 N–H and O–H groups in total. The van der Waals surface area contributed by atoms with Crippen LogP contribution in [0.1, 0.15) is 66.7 Å². The number of guanidine groups is 1. The van der Waals surface area contributed by atoms with E-state index in [1.807, 2.05) is 0 Å². The molecule has 0 spiro atoms. The summed E-state index contributed by atoms with van der Waals surface area (Å²) in [7, 11) is 1.78. The maximum Gasteiger partial charge on any atom is 0.191 e. The highest BCUT2D eigenvalue weighted by Gasteiger charge is 2.41. The predicted octanol–water partition coefficient (Wildman–Crippen LogP) is 4.19. The Morgan fingerprint density at radius 1 is 1.30 bits per heavy atom. The van der Waals surface area contributed by atoms with Gasteiger partial charge in [0, 0.05) is 32.8 Å². The second kappa shape index (κ2) is 10.7. The van der Waals surface area contributed by atoms with Gasteiger partial charge in [-0.05, 0) is 56.8 Å². The first-order chi connectivity index (χ1) is 10.3. The summed E-state index contributed by atoms with van der Waals surface area (Å²) in [5.41, 5.74) is 0.802. The molecule has 0 saturated heterocycles. The lowest BCUT2D eigenvalue weighted by Crippen LogP contribution is -2.42. The lowest BCUT2D eigenvalue weighted by Gasteiger charge is -2.23. The minimum atomic E-state index is 0. The summed E-state index contributed by atoms with van der Waals surface area (Å²) in [5.74, 6) is 0.965. The largest absolute Gasteiger partial charge is 0.385 e. The Balaban J connectivity index is 0.00000484. The number of hydrogen-bond acceptors (Lipinski definition) is 2. The molecule has 1 aliphatic rings. The molecule has 0 radical (unpaired) electrons. The van der Waals surface area contributed by atoms with Crippen LogP contribution >= 0.6 is 24.0 Å². The van der Waals surface area contributed by atoms with Crippen LogP contribution in [0.15, 0.2) is 4.99 Å². The van der Waals surface area contributed by atoms with Crippen LogP contribution in [0, 0.1) is 10.8 Å². The minimum absolute atomic E-state index is 0. The maximum absolute atomic E-state index is 5.22. The van der Waals surface area contributed by atoms with Gasteiger partial charge < -0.3 is 15.4 Å². The molecule has 0 aromatic rings. The summed E-state index contributed by atoms with van der Waals surface area (Å²) in [6, 6.07) is 0.450. The Bertz CT molecular complexity index is 349. The van der Waals surface area contributed by atoms with Crippen molar-refractivity contribution in [3.8, 4) is 0 Å². The highest BCUT2D eigenvalue weighted by Crippen LogP contribution is 2.48. The normalized spacial score (nSPS) is 18.1. The third-order valence-corrected chi connectivity index (χ3v) is 4.42. The number of aliphatic imine (C=N–C) groups is 1. The second-order valence-electron chi connectivity index (χ2n) is 8.08. The highest BCUT2D eigenvalue weighted by atomic mass is 127. The number of nitrogens with one attached hydrogen (secondary N) is 2. The first kappa shape index (κ1) is 23.0. The van der Waals surface area contributed by atoms with Crippen molar-refractivity contribution in [3.05, 3.63) is 0 Å². The predicted molar refractivity (Wildman–Crippen MR) is 111 cm³/mol. The topological polar surface area (TPSA) is 45.7 Å². The summed E-state index contributed by atoms with van der Waals surface area (Å²) >= 11 is 0. The van der Waals surface area contributed by atoms with E-state index in [0.717, 1.165) is 32.1 Å². The smallest absolute Gasteiger partial charge is 0.191 e. The van der Waals surface area contributed by atoms with E-state index in [1.165, 1.54) is 25.7 Å². The lowest BCUT2D eigenvalue weighted by molar-refractivity contribution is 0.174. The average Bonchev–Trinajstić information content (AvgIpc) is 3.20. The van der Waals surface area contributed by atoms with Crippen molar-refractivity contribution >= 4 is 29.9 Å². The molecule has 1 saturated carbocycles. The first-order valence-corrected chi connectivity index (χ1v) is 8.84. The number of nitrogens with zero attached hydrogens (tertiary/aromatic N) is 1. The van der Waals surface area contributed by atoms with Crippen molar-refractivity contribution < 1.29 is 4.74 Å². The Morgan fingerprint density at radius 3 is 2.43 bits per heavy atom. The molecule has 1 rings (SSSR count). The van der Waals surface area contributed by atoms with E-state index in [2.05, 4.69) is 45.3 Å². The quantitative estimate of drug-likeness (QED) is 0.322. The molecule has 1 atom stereocenters. The molecule has 5 heteroatoms. The van der Waals surface area contributed by atoms with Crippen molar-refractivity contribution in [1.29, 1.82) is 0 Å². The fourth-order valence-electron chi connectivity index (χ4n) is 2.50. The van der Waals surface area contributed by atoms with Crippen LogP contribution < -0.4 is 10.6 Å². The van der Waals surface area contributed by atoms with Crippen LogP contribution in [0.2, 0.25) is 0 Å². The fourth-order valence-corrected chi connectivity index (χ4v) is 2.50. The molecular formula is C18H38IN3O. The lowest BCUT2D eigenvalue weighted by atomic mass is 9.89. The van der Waals surface area contributed by atoms with Crippen molar-refractivity contribution in [1.82, 2.24) is 10.6 Å². The molecule has 0 aromatic heterocycles. The maximum atomic E-state index is 5.22. The molecule has 23 heavy (non-hydrogen) atoms. The van der Waals surface area contributed by atoms with Gasteiger partial charge in [0.2, 0.25) is 0 Å². The van der Waals surface area contributed by atoms with Crippen LogP contribution in [0.25, 0.3) is 0 Å². The van der Waals surface area contributed by atoms with Gasteiger partial charge in [-0.2, -0.15) is 0 Å². The van der Waals surface area contributed by atoms with Gasteiger partial charge in [0.05, 0.1) is 0 Å². The van der Waals surface area contributed by atoms with Crippen LogP contribution in [0.4, 0.5) is 0 Å². The highest BCUT2D eigenvalue weighted by molar-refractivity contribution is 14.0. The number of halogens is 1. The van der Waals surface area contributed by atoms with E-state index in [1.54, 1.807) is 7.11 Å². The van der Waals surface area contributed by atoms with Crippen molar-refractivity contribution in [2.24, 2.45) is 15.8 Å². The third kappa shape index (κ3) is 10.4. The molecule has 1 unspecified atom stereocenters. The van der Waals surface area contributed by atoms with Gasteiger partial charge in [0.15, 0.2) is 5.96 Å². The molecule has 138 valence electrons. The van der Waals surface area contributed by atoms with Crippen LogP contribution in [-0.4, -0.2) is 38.8 Å². The Labute approximate surface area is 160 Å². The molecule has 4 nitrogen and oxygen atoms in total. The average molecular weight is 439 g/mol. The van der Waals surface area contributed by atoms with Crippen molar-refractivity contribution in [3.63, 3.8) is 0 Å². The van der Waals surface area contributed by atoms with Gasteiger partial charge in [-0.3, -0.25) is 4.99 Å². The monoisotopic (exact) mass is 439 g/mol. The van der Waals surface area contributed by atoms with Gasteiger partial charge in [0.1, 0.15) is 0 Å². The Kier molecular flexibility index (Phi) is 10.7. The van der Waals surface area contributed by atoms with E-state index < -0.39 is 0 Å². The number of methoxy groups -OCH3 is 1. The molecule has 0 aromatic carbocycles. The SMILES string of the molecule is CCNC(=NCC1(CCOC)CC1)NC(C)CCC(C)(C)C.I.